The van der Waals surface area contributed by atoms with Gasteiger partial charge in [0.2, 0.25) is 0 Å². The highest BCUT2D eigenvalue weighted by Crippen LogP contribution is 2.13. The minimum Gasteiger partial charge on any atom is -0.197 e. The average Bonchev–Trinajstić information content (AvgIpc) is 2.60. The van der Waals surface area contributed by atoms with E-state index in [-0.39, 0.29) is 0 Å². The van der Waals surface area contributed by atoms with Gasteiger partial charge in [0.25, 0.3) is 0 Å². The molecule has 0 radical (unpaired) electrons. The molecule has 0 heterocycles. The Morgan fingerprint density at radius 1 is 0.682 bits per heavy atom. The predicted octanol–water partition coefficient (Wildman–Crippen LogP) is 3.66. The van der Waals surface area contributed by atoms with E-state index in [2.05, 4.69) is 22.3 Å². The van der Waals surface area contributed by atoms with Gasteiger partial charge in [0, 0.05) is 12.4 Å². The molecule has 2 aromatic rings. The maximum Gasteiger partial charge on any atom is 0.108 e. The summed E-state index contributed by atoms with van der Waals surface area (Å²) in [7, 11) is 0. The summed E-state index contributed by atoms with van der Waals surface area (Å²) in [6, 6.07) is 23.1. The molecule has 22 heavy (non-hydrogen) atoms. The molecule has 0 spiro atoms. The first kappa shape index (κ1) is 15.2. The Kier molecular flexibility index (Phi) is 5.61. The van der Waals surface area contributed by atoms with Crippen molar-refractivity contribution in [2.75, 3.05) is 0 Å². The first-order chi connectivity index (χ1) is 10.8. The summed E-state index contributed by atoms with van der Waals surface area (Å²) in [6.45, 7) is 0. The molecule has 0 aliphatic rings. The van der Waals surface area contributed by atoms with Crippen LogP contribution in [0.15, 0.2) is 70.9 Å². The Morgan fingerprint density at radius 2 is 1.05 bits per heavy atom. The van der Waals surface area contributed by atoms with Gasteiger partial charge in [0.1, 0.15) is 11.8 Å². The third kappa shape index (κ3) is 4.13. The third-order valence-corrected chi connectivity index (χ3v) is 3.09. The maximum absolute atomic E-state index is 9.17. The molecular formula is C18H14N4. The Morgan fingerprint density at radius 3 is 1.36 bits per heavy atom. The van der Waals surface area contributed by atoms with Crippen LogP contribution >= 0.6 is 0 Å². The first-order valence-corrected chi connectivity index (χ1v) is 6.81. The average molecular weight is 286 g/mol. The molecule has 0 saturated carbocycles. The fourth-order valence-corrected chi connectivity index (χ4v) is 1.92. The van der Waals surface area contributed by atoms with Gasteiger partial charge in [-0.25, -0.2) is 0 Å². The van der Waals surface area contributed by atoms with E-state index in [0.717, 1.165) is 11.1 Å². The molecule has 2 rings (SSSR count). The number of nitrogens with zero attached hydrogens (tertiary/aromatic N) is 4. The number of benzene rings is 2. The molecule has 0 fully saturated rings. The van der Waals surface area contributed by atoms with Crippen LogP contribution in [-0.2, 0) is 0 Å². The second-order valence-electron chi connectivity index (χ2n) is 4.56. The molecule has 0 amide bonds. The largest absolute Gasteiger partial charge is 0.197 e. The second kappa shape index (κ2) is 8.14. The van der Waals surface area contributed by atoms with Crippen molar-refractivity contribution in [2.45, 2.75) is 11.8 Å². The molecule has 0 bridgehead atoms. The lowest BCUT2D eigenvalue weighted by Crippen LogP contribution is -1.98. The molecule has 4 nitrogen and oxygen atoms in total. The highest BCUT2D eigenvalue weighted by Gasteiger charge is 2.07. The van der Waals surface area contributed by atoms with E-state index < -0.39 is 11.8 Å². The minimum atomic E-state index is -0.449. The SMILES string of the molecule is N#CC(C=NN=CC(C#N)c1ccccc1)c1ccccc1. The van der Waals surface area contributed by atoms with Crippen molar-refractivity contribution in [3.8, 4) is 12.1 Å². The van der Waals surface area contributed by atoms with E-state index >= 15 is 0 Å². The fraction of sp³-hybridized carbons (Fsp3) is 0.111. The summed E-state index contributed by atoms with van der Waals surface area (Å²) in [5.74, 6) is -0.897. The van der Waals surface area contributed by atoms with Crippen LogP contribution in [0.5, 0.6) is 0 Å². The summed E-state index contributed by atoms with van der Waals surface area (Å²) in [5.41, 5.74) is 1.73. The van der Waals surface area contributed by atoms with E-state index in [1.54, 1.807) is 0 Å². The van der Waals surface area contributed by atoms with Gasteiger partial charge < -0.3 is 0 Å². The normalized spacial score (nSPS) is 13.5. The lowest BCUT2D eigenvalue weighted by Gasteiger charge is -2.02. The number of nitriles is 2. The quantitative estimate of drug-likeness (QED) is 0.621. The predicted molar refractivity (Wildman–Crippen MR) is 86.6 cm³/mol. The number of hydrogen-bond donors (Lipinski definition) is 0. The smallest absolute Gasteiger partial charge is 0.108 e. The van der Waals surface area contributed by atoms with Crippen molar-refractivity contribution in [1.82, 2.24) is 0 Å². The molecule has 0 N–H and O–H groups in total. The fourth-order valence-electron chi connectivity index (χ4n) is 1.92. The molecule has 106 valence electrons. The molecule has 0 saturated heterocycles. The molecule has 0 aliphatic carbocycles. The van der Waals surface area contributed by atoms with E-state index in [9.17, 15) is 0 Å². The molecule has 0 aromatic heterocycles. The molecule has 4 heteroatoms. The minimum absolute atomic E-state index is 0.449. The van der Waals surface area contributed by atoms with Crippen molar-refractivity contribution < 1.29 is 0 Å². The zero-order valence-corrected chi connectivity index (χ0v) is 11.9. The summed E-state index contributed by atoms with van der Waals surface area (Å²) in [4.78, 5) is 0. The molecule has 2 aromatic carbocycles. The summed E-state index contributed by atoms with van der Waals surface area (Å²) >= 11 is 0. The van der Waals surface area contributed by atoms with Gasteiger partial charge in [0.05, 0.1) is 12.1 Å². The Hall–Kier alpha value is -3.24. The highest BCUT2D eigenvalue weighted by molar-refractivity contribution is 5.74. The van der Waals surface area contributed by atoms with Crippen LogP contribution in [0.4, 0.5) is 0 Å². The highest BCUT2D eigenvalue weighted by atomic mass is 15.2. The van der Waals surface area contributed by atoms with Crippen molar-refractivity contribution in [3.63, 3.8) is 0 Å². The second-order valence-corrected chi connectivity index (χ2v) is 4.56. The van der Waals surface area contributed by atoms with Gasteiger partial charge in [-0.1, -0.05) is 60.7 Å². The van der Waals surface area contributed by atoms with Crippen LogP contribution in [-0.4, -0.2) is 12.4 Å². The van der Waals surface area contributed by atoms with Crippen molar-refractivity contribution in [2.24, 2.45) is 10.2 Å². The Balaban J connectivity index is 2.05. The zero-order chi connectivity index (χ0) is 15.6. The van der Waals surface area contributed by atoms with Crippen LogP contribution in [0.1, 0.15) is 23.0 Å². The van der Waals surface area contributed by atoms with E-state index in [4.69, 9.17) is 10.5 Å². The third-order valence-electron chi connectivity index (χ3n) is 3.09. The summed E-state index contributed by atoms with van der Waals surface area (Å²) in [6.07, 6.45) is 2.95. The van der Waals surface area contributed by atoms with Crippen LogP contribution in [0.3, 0.4) is 0 Å². The van der Waals surface area contributed by atoms with Gasteiger partial charge in [-0.3, -0.25) is 0 Å². The monoisotopic (exact) mass is 286 g/mol. The Labute approximate surface area is 129 Å². The molecule has 2 unspecified atom stereocenters. The summed E-state index contributed by atoms with van der Waals surface area (Å²) < 4.78 is 0. The topological polar surface area (TPSA) is 72.3 Å². The van der Waals surface area contributed by atoms with Crippen LogP contribution in [0.25, 0.3) is 0 Å². The summed E-state index contributed by atoms with van der Waals surface area (Å²) in [5, 5.41) is 26.1. The van der Waals surface area contributed by atoms with Crippen molar-refractivity contribution >= 4 is 12.4 Å². The van der Waals surface area contributed by atoms with Crippen LogP contribution in [0.2, 0.25) is 0 Å². The van der Waals surface area contributed by atoms with Crippen molar-refractivity contribution in [3.05, 3.63) is 71.8 Å². The van der Waals surface area contributed by atoms with Gasteiger partial charge in [-0.05, 0) is 11.1 Å². The number of hydrogen-bond acceptors (Lipinski definition) is 4. The van der Waals surface area contributed by atoms with E-state index in [1.807, 2.05) is 60.7 Å². The lowest BCUT2D eigenvalue weighted by molar-refractivity contribution is 1.11. The standard InChI is InChI=1S/C18H14N4/c19-11-17(15-7-3-1-4-8-15)13-21-22-14-18(12-20)16-9-5-2-6-10-16/h1-10,13-14,17-18H. The van der Waals surface area contributed by atoms with Crippen LogP contribution < -0.4 is 0 Å². The van der Waals surface area contributed by atoms with E-state index in [1.165, 1.54) is 12.4 Å². The van der Waals surface area contributed by atoms with Gasteiger partial charge in [-0.2, -0.15) is 20.7 Å². The van der Waals surface area contributed by atoms with Crippen LogP contribution in [0, 0.1) is 22.7 Å². The first-order valence-electron chi connectivity index (χ1n) is 6.81. The molecule has 0 aliphatic heterocycles. The van der Waals surface area contributed by atoms with E-state index in [0.29, 0.717) is 0 Å². The maximum atomic E-state index is 9.17. The molecule has 2 atom stereocenters. The zero-order valence-electron chi connectivity index (χ0n) is 11.9. The molecular weight excluding hydrogens is 272 g/mol. The van der Waals surface area contributed by atoms with Crippen molar-refractivity contribution in [1.29, 1.82) is 10.5 Å². The lowest BCUT2D eigenvalue weighted by atomic mass is 10.0. The van der Waals surface area contributed by atoms with Gasteiger partial charge >= 0.3 is 0 Å². The Bertz CT molecular complexity index is 656. The van der Waals surface area contributed by atoms with Gasteiger partial charge in [-0.15, -0.1) is 0 Å². The number of rotatable bonds is 5. The van der Waals surface area contributed by atoms with Gasteiger partial charge in [0.15, 0.2) is 0 Å².